The summed E-state index contributed by atoms with van der Waals surface area (Å²) in [6.45, 7) is 13.3. The van der Waals surface area contributed by atoms with Crippen molar-refractivity contribution in [3.63, 3.8) is 0 Å². The van der Waals surface area contributed by atoms with Crippen LogP contribution in [0.25, 0.3) is 0 Å². The van der Waals surface area contributed by atoms with E-state index < -0.39 is 0 Å². The van der Waals surface area contributed by atoms with Crippen molar-refractivity contribution in [3.05, 3.63) is 11.6 Å². The summed E-state index contributed by atoms with van der Waals surface area (Å²) >= 11 is 0. The zero-order valence-corrected chi connectivity index (χ0v) is 18.6. The van der Waals surface area contributed by atoms with Crippen molar-refractivity contribution in [2.24, 2.45) is 18.0 Å². The molecular weight excluding hydrogens is 429 g/mol. The van der Waals surface area contributed by atoms with Crippen molar-refractivity contribution in [2.45, 2.75) is 53.1 Å². The quantitative estimate of drug-likeness (QED) is 0.368. The molecule has 0 aromatic carbocycles. The Labute approximate surface area is 169 Å². The summed E-state index contributed by atoms with van der Waals surface area (Å²) in [4.78, 5) is 7.25. The lowest BCUT2D eigenvalue weighted by Crippen LogP contribution is -2.45. The number of halogens is 1. The normalized spacial score (nSPS) is 18.5. The Kier molecular flexibility index (Phi) is 9.70. The first kappa shape index (κ1) is 22.1. The van der Waals surface area contributed by atoms with Gasteiger partial charge in [-0.25, -0.2) is 4.99 Å². The van der Waals surface area contributed by atoms with Crippen molar-refractivity contribution < 1.29 is 0 Å². The van der Waals surface area contributed by atoms with E-state index in [1.165, 1.54) is 19.4 Å². The Morgan fingerprint density at radius 2 is 2.08 bits per heavy atom. The number of guanidine groups is 1. The van der Waals surface area contributed by atoms with Crippen LogP contribution >= 0.6 is 24.0 Å². The fourth-order valence-corrected chi connectivity index (χ4v) is 2.97. The summed E-state index contributed by atoms with van der Waals surface area (Å²) in [6.07, 6.45) is 2.56. The molecule has 1 aromatic heterocycles. The highest BCUT2D eigenvalue weighted by Gasteiger charge is 2.22. The van der Waals surface area contributed by atoms with Crippen LogP contribution in [0.2, 0.25) is 0 Å². The molecule has 0 radical (unpaired) electrons. The Morgan fingerprint density at radius 3 is 2.68 bits per heavy atom. The van der Waals surface area contributed by atoms with E-state index >= 15 is 0 Å². The summed E-state index contributed by atoms with van der Waals surface area (Å²) in [5, 5.41) is 15.2. The Morgan fingerprint density at radius 1 is 1.32 bits per heavy atom. The molecule has 2 rings (SSSR count). The smallest absolute Gasteiger partial charge is 0.191 e. The average molecular weight is 463 g/mol. The molecule has 1 fully saturated rings. The van der Waals surface area contributed by atoms with Crippen molar-refractivity contribution in [1.82, 2.24) is 30.3 Å². The average Bonchev–Trinajstić information content (AvgIpc) is 3.14. The number of likely N-dealkylation sites (N-methyl/N-ethyl adjacent to an activating group) is 1. The van der Waals surface area contributed by atoms with E-state index in [0.29, 0.717) is 18.5 Å². The SMILES string of the molecule is CCN1CCCC1CNC(=NCc1nnc(C)n1C)NCC(C)C.I. The zero-order valence-electron chi connectivity index (χ0n) is 16.2. The molecule has 25 heavy (non-hydrogen) atoms. The van der Waals surface area contributed by atoms with Crippen LogP contribution in [0.3, 0.4) is 0 Å². The Balaban J connectivity index is 0.00000312. The second-order valence-corrected chi connectivity index (χ2v) is 6.97. The van der Waals surface area contributed by atoms with Gasteiger partial charge in [0, 0.05) is 26.2 Å². The number of aryl methyl sites for hydroxylation is 1. The van der Waals surface area contributed by atoms with E-state index in [4.69, 9.17) is 4.99 Å². The van der Waals surface area contributed by atoms with E-state index in [0.717, 1.165) is 37.2 Å². The van der Waals surface area contributed by atoms with E-state index in [9.17, 15) is 0 Å². The van der Waals surface area contributed by atoms with Gasteiger partial charge in [-0.3, -0.25) is 4.90 Å². The standard InChI is InChI=1S/C17H33N7.HI/c1-6-24-9-7-8-15(24)11-19-17(18-10-13(2)3)20-12-16-22-21-14(4)23(16)5;/h13,15H,6-12H2,1-5H3,(H2,18,19,20);1H. The van der Waals surface area contributed by atoms with Gasteiger partial charge < -0.3 is 15.2 Å². The summed E-state index contributed by atoms with van der Waals surface area (Å²) in [5.74, 6) is 3.24. The van der Waals surface area contributed by atoms with Crippen LogP contribution in [-0.2, 0) is 13.6 Å². The van der Waals surface area contributed by atoms with Crippen LogP contribution in [0, 0.1) is 12.8 Å². The number of aromatic nitrogens is 3. The van der Waals surface area contributed by atoms with Gasteiger partial charge in [0.1, 0.15) is 12.4 Å². The molecule has 7 nitrogen and oxygen atoms in total. The summed E-state index contributed by atoms with van der Waals surface area (Å²) in [6, 6.07) is 0.609. The number of hydrogen-bond acceptors (Lipinski definition) is 4. The van der Waals surface area contributed by atoms with E-state index in [2.05, 4.69) is 46.5 Å². The topological polar surface area (TPSA) is 70.4 Å². The van der Waals surface area contributed by atoms with Crippen molar-refractivity contribution >= 4 is 29.9 Å². The van der Waals surface area contributed by atoms with Crippen LogP contribution in [0.5, 0.6) is 0 Å². The second-order valence-electron chi connectivity index (χ2n) is 6.97. The van der Waals surface area contributed by atoms with E-state index in [1.54, 1.807) is 0 Å². The first-order valence-corrected chi connectivity index (χ1v) is 9.12. The van der Waals surface area contributed by atoms with Gasteiger partial charge in [0.15, 0.2) is 11.8 Å². The molecule has 0 aliphatic carbocycles. The number of likely N-dealkylation sites (tertiary alicyclic amines) is 1. The van der Waals surface area contributed by atoms with Crippen LogP contribution in [0.4, 0.5) is 0 Å². The third kappa shape index (κ3) is 6.73. The summed E-state index contributed by atoms with van der Waals surface area (Å²) in [7, 11) is 1.98. The van der Waals surface area contributed by atoms with Gasteiger partial charge in [0.25, 0.3) is 0 Å². The molecule has 144 valence electrons. The number of aliphatic imine (C=N–C) groups is 1. The molecule has 8 heteroatoms. The summed E-state index contributed by atoms with van der Waals surface area (Å²) in [5.41, 5.74) is 0. The van der Waals surface area contributed by atoms with Gasteiger partial charge in [-0.1, -0.05) is 20.8 Å². The number of rotatable bonds is 7. The highest BCUT2D eigenvalue weighted by molar-refractivity contribution is 14.0. The molecule has 0 spiro atoms. The van der Waals surface area contributed by atoms with Crippen LogP contribution < -0.4 is 10.6 Å². The van der Waals surface area contributed by atoms with Gasteiger partial charge in [0.05, 0.1) is 0 Å². The lowest BCUT2D eigenvalue weighted by molar-refractivity contribution is 0.267. The highest BCUT2D eigenvalue weighted by atomic mass is 127. The molecule has 2 N–H and O–H groups in total. The van der Waals surface area contributed by atoms with Gasteiger partial charge in [0.2, 0.25) is 0 Å². The Hall–Kier alpha value is -0.900. The molecular formula is C17H34IN7. The highest BCUT2D eigenvalue weighted by Crippen LogP contribution is 2.15. The van der Waals surface area contributed by atoms with Gasteiger partial charge in [-0.15, -0.1) is 34.2 Å². The first-order valence-electron chi connectivity index (χ1n) is 9.12. The third-order valence-corrected chi connectivity index (χ3v) is 4.65. The predicted molar refractivity (Wildman–Crippen MR) is 113 cm³/mol. The maximum Gasteiger partial charge on any atom is 0.191 e. The molecule has 0 amide bonds. The van der Waals surface area contributed by atoms with Crippen molar-refractivity contribution in [1.29, 1.82) is 0 Å². The molecule has 1 aliphatic heterocycles. The van der Waals surface area contributed by atoms with E-state index in [-0.39, 0.29) is 24.0 Å². The fourth-order valence-electron chi connectivity index (χ4n) is 2.97. The molecule has 2 heterocycles. The molecule has 1 aliphatic rings. The van der Waals surface area contributed by atoms with Crippen LogP contribution in [0.15, 0.2) is 4.99 Å². The van der Waals surface area contributed by atoms with Crippen molar-refractivity contribution in [3.8, 4) is 0 Å². The molecule has 0 bridgehead atoms. The van der Waals surface area contributed by atoms with E-state index in [1.807, 2.05) is 18.5 Å². The monoisotopic (exact) mass is 463 g/mol. The molecule has 1 aromatic rings. The minimum atomic E-state index is 0. The van der Waals surface area contributed by atoms with Gasteiger partial charge in [-0.05, 0) is 38.8 Å². The molecule has 1 saturated heterocycles. The number of nitrogens with zero attached hydrogens (tertiary/aromatic N) is 5. The number of nitrogens with one attached hydrogen (secondary N) is 2. The second kappa shape index (κ2) is 10.9. The molecule has 0 saturated carbocycles. The lowest BCUT2D eigenvalue weighted by Gasteiger charge is -2.24. The summed E-state index contributed by atoms with van der Waals surface area (Å²) < 4.78 is 1.99. The number of hydrogen-bond donors (Lipinski definition) is 2. The third-order valence-electron chi connectivity index (χ3n) is 4.65. The van der Waals surface area contributed by atoms with Gasteiger partial charge in [-0.2, -0.15) is 0 Å². The largest absolute Gasteiger partial charge is 0.356 e. The van der Waals surface area contributed by atoms with Crippen molar-refractivity contribution in [2.75, 3.05) is 26.2 Å². The fraction of sp³-hybridized carbons (Fsp3) is 0.824. The predicted octanol–water partition coefficient (Wildman–Crippen LogP) is 1.92. The van der Waals surface area contributed by atoms with Crippen LogP contribution in [0.1, 0.15) is 45.3 Å². The zero-order chi connectivity index (χ0) is 17.5. The lowest BCUT2D eigenvalue weighted by atomic mass is 10.2. The van der Waals surface area contributed by atoms with Crippen LogP contribution in [-0.4, -0.2) is 57.8 Å². The first-order chi connectivity index (χ1) is 11.5. The maximum absolute atomic E-state index is 4.70. The minimum Gasteiger partial charge on any atom is -0.356 e. The Bertz CT molecular complexity index is 541. The minimum absolute atomic E-state index is 0. The van der Waals surface area contributed by atoms with Gasteiger partial charge >= 0.3 is 0 Å². The maximum atomic E-state index is 4.70. The molecule has 1 atom stereocenters. The molecule has 1 unspecified atom stereocenters.